The van der Waals surface area contributed by atoms with Gasteiger partial charge < -0.3 is 67.9 Å². The lowest BCUT2D eigenvalue weighted by molar-refractivity contribution is -0.140. The van der Waals surface area contributed by atoms with E-state index in [0.29, 0.717) is 5.56 Å². The number of aliphatic hydroxyl groups excluding tert-OH is 4. The van der Waals surface area contributed by atoms with Crippen molar-refractivity contribution in [1.82, 2.24) is 31.5 Å². The minimum absolute atomic E-state index is 0.0420. The maximum absolute atomic E-state index is 13.8. The third-order valence-corrected chi connectivity index (χ3v) is 8.47. The molecule has 4 atom stereocenters. The zero-order valence-electron chi connectivity index (χ0n) is 28.6. The van der Waals surface area contributed by atoms with Crippen LogP contribution < -0.4 is 32.3 Å². The first kappa shape index (κ1) is 41.2. The predicted octanol–water partition coefficient (Wildman–Crippen LogP) is -4.76. The number of aromatic hydroxyl groups is 2. The van der Waals surface area contributed by atoms with E-state index in [1.807, 2.05) is 0 Å². The molecule has 19 heteroatoms. The van der Waals surface area contributed by atoms with E-state index in [0.717, 1.165) is 4.90 Å². The van der Waals surface area contributed by atoms with Crippen molar-refractivity contribution in [3.05, 3.63) is 47.5 Å². The Balaban J connectivity index is 1.97. The van der Waals surface area contributed by atoms with E-state index in [4.69, 9.17) is 10.8 Å². The molecule has 0 saturated heterocycles. The molecule has 5 amide bonds. The summed E-state index contributed by atoms with van der Waals surface area (Å²) in [5, 5.41) is 72.1. The van der Waals surface area contributed by atoms with E-state index in [1.54, 1.807) is 0 Å². The normalized spacial score (nSPS) is 18.2. The molecule has 0 radical (unpaired) electrons. The Morgan fingerprint density at radius 2 is 1.52 bits per heavy atom. The van der Waals surface area contributed by atoms with Gasteiger partial charge in [0.1, 0.15) is 35.2 Å². The van der Waals surface area contributed by atoms with Gasteiger partial charge in [-0.25, -0.2) is 0 Å². The second-order valence-corrected chi connectivity index (χ2v) is 12.4. The van der Waals surface area contributed by atoms with Crippen LogP contribution in [0.5, 0.6) is 11.5 Å². The Bertz CT molecular complexity index is 1640. The number of aliphatic hydroxyl groups is 4. The molecule has 1 aliphatic rings. The average Bonchev–Trinajstić information content (AvgIpc) is 3.13. The fraction of sp³-hybridized carbons (Fsp3) is 0.455. The van der Waals surface area contributed by atoms with Gasteiger partial charge in [-0.3, -0.25) is 28.8 Å². The Morgan fingerprint density at radius 3 is 2.13 bits per heavy atom. The van der Waals surface area contributed by atoms with Crippen molar-refractivity contribution in [2.24, 2.45) is 5.73 Å². The van der Waals surface area contributed by atoms with Gasteiger partial charge in [-0.05, 0) is 42.3 Å². The zero-order chi connectivity index (χ0) is 38.7. The molecule has 1 aliphatic heterocycles. The number of phenols is 2. The van der Waals surface area contributed by atoms with Gasteiger partial charge in [0, 0.05) is 24.6 Å². The molecule has 4 unspecified atom stereocenters. The second-order valence-electron chi connectivity index (χ2n) is 12.4. The topological polar surface area (TPSA) is 313 Å². The largest absolute Gasteiger partial charge is 0.507 e. The summed E-state index contributed by atoms with van der Waals surface area (Å²) in [6.07, 6.45) is -0.210. The summed E-state index contributed by atoms with van der Waals surface area (Å²) in [4.78, 5) is 79.1. The molecule has 0 fully saturated rings. The third-order valence-electron chi connectivity index (χ3n) is 8.47. The van der Waals surface area contributed by atoms with Gasteiger partial charge in [-0.1, -0.05) is 12.1 Å². The van der Waals surface area contributed by atoms with E-state index in [2.05, 4.69) is 26.6 Å². The van der Waals surface area contributed by atoms with Crippen molar-refractivity contribution < 1.29 is 59.4 Å². The van der Waals surface area contributed by atoms with Crippen LogP contribution in [0.1, 0.15) is 24.1 Å². The van der Waals surface area contributed by atoms with Crippen molar-refractivity contribution in [1.29, 1.82) is 0 Å². The summed E-state index contributed by atoms with van der Waals surface area (Å²) in [5.74, 6) is -5.22. The van der Waals surface area contributed by atoms with E-state index in [9.17, 15) is 54.3 Å². The average molecular weight is 732 g/mol. The van der Waals surface area contributed by atoms with Crippen molar-refractivity contribution in [3.63, 3.8) is 0 Å². The fourth-order valence-corrected chi connectivity index (χ4v) is 5.17. The molecule has 0 saturated carbocycles. The molecular weight excluding hydrogens is 686 g/mol. The molecule has 0 aliphatic carbocycles. The number of nitrogens with zero attached hydrogens (tertiary/aromatic N) is 1. The Hall–Kier alpha value is -5.18. The number of nitrogens with two attached hydrogens (primary N) is 1. The highest BCUT2D eigenvalue weighted by Crippen LogP contribution is 2.38. The number of amides is 5. The molecule has 1 heterocycles. The van der Waals surface area contributed by atoms with Gasteiger partial charge in [0.2, 0.25) is 29.5 Å². The van der Waals surface area contributed by atoms with Crippen LogP contribution in [0.15, 0.2) is 36.4 Å². The summed E-state index contributed by atoms with van der Waals surface area (Å²) >= 11 is 0. The van der Waals surface area contributed by atoms with E-state index in [-0.39, 0.29) is 47.7 Å². The molecule has 52 heavy (non-hydrogen) atoms. The van der Waals surface area contributed by atoms with Crippen molar-refractivity contribution in [2.45, 2.75) is 43.1 Å². The molecule has 3 rings (SSSR count). The summed E-state index contributed by atoms with van der Waals surface area (Å²) in [6.45, 7) is -3.04. The number of rotatable bonds is 14. The molecular formula is C33H45N7O12. The number of carbonyl (C=O) groups excluding carboxylic acids is 6. The van der Waals surface area contributed by atoms with Crippen molar-refractivity contribution in [3.8, 4) is 22.6 Å². The van der Waals surface area contributed by atoms with Gasteiger partial charge in [0.25, 0.3) is 0 Å². The molecule has 4 bridgehead atoms. The van der Waals surface area contributed by atoms with Crippen LogP contribution in [-0.2, 0) is 35.2 Å². The Kier molecular flexibility index (Phi) is 14.6. The highest BCUT2D eigenvalue weighted by atomic mass is 16.3. The number of Topliss-reactive ketones (excluding diaryl/α,β-unsaturated/α-hetero) is 1. The van der Waals surface area contributed by atoms with Gasteiger partial charge in [0.15, 0.2) is 5.78 Å². The molecule has 19 nitrogen and oxygen atoms in total. The Morgan fingerprint density at radius 1 is 0.904 bits per heavy atom. The number of hydrogen-bond acceptors (Lipinski definition) is 14. The summed E-state index contributed by atoms with van der Waals surface area (Å²) in [6, 6.07) is 2.84. The first-order chi connectivity index (χ1) is 24.6. The lowest BCUT2D eigenvalue weighted by atomic mass is 9.93. The quantitative estimate of drug-likeness (QED) is 0.0869. The first-order valence-electron chi connectivity index (χ1n) is 16.1. The van der Waals surface area contributed by atoms with Crippen LogP contribution in [0.3, 0.4) is 0 Å². The number of benzene rings is 2. The number of ketones is 1. The SMILES string of the molecule is CC1NC(=O)C(N(C)C(=O)CNC(=O)CNCC(=O)C(N)CO)c2ccc(O)c(c2)-c2cc(ccc2O)CC(C(=O)NC(CO)(CO)CO)NC1=O. The first-order valence-corrected chi connectivity index (χ1v) is 16.1. The van der Waals surface area contributed by atoms with Crippen LogP contribution in [-0.4, -0.2) is 148 Å². The maximum atomic E-state index is 13.8. The van der Waals surface area contributed by atoms with Crippen LogP contribution in [0.4, 0.5) is 0 Å². The zero-order valence-corrected chi connectivity index (χ0v) is 28.6. The highest BCUT2D eigenvalue weighted by Gasteiger charge is 2.36. The molecule has 2 aromatic rings. The molecule has 13 N–H and O–H groups in total. The monoisotopic (exact) mass is 731 g/mol. The third kappa shape index (κ3) is 10.2. The fourth-order valence-electron chi connectivity index (χ4n) is 5.17. The van der Waals surface area contributed by atoms with Crippen LogP contribution in [0.2, 0.25) is 0 Å². The standard InChI is InChI=1S/C33H45N7O12/c1-17-30(50)38-23(31(51)39-33(14-42,15-43)16-44)8-18-3-5-24(45)20(7-18)21-9-19(4-6-25(21)46)29(32(52)37-17)40(2)28(49)12-36-27(48)11-35-10-26(47)22(34)13-41/h3-7,9,17,22-23,29,35,41-46H,8,10-16,34H2,1-2H3,(H,36,48)(H,37,52)(H,38,50)(H,39,51). The van der Waals surface area contributed by atoms with Crippen molar-refractivity contribution >= 4 is 35.3 Å². The summed E-state index contributed by atoms with van der Waals surface area (Å²) in [5.41, 5.74) is 4.23. The molecule has 0 aromatic heterocycles. The lowest BCUT2D eigenvalue weighted by Gasteiger charge is -2.32. The van der Waals surface area contributed by atoms with Crippen molar-refractivity contribution in [2.75, 3.05) is 53.1 Å². The lowest BCUT2D eigenvalue weighted by Crippen LogP contribution is -2.62. The van der Waals surface area contributed by atoms with Gasteiger partial charge >= 0.3 is 0 Å². The predicted molar refractivity (Wildman–Crippen MR) is 182 cm³/mol. The molecule has 2 aromatic carbocycles. The van der Waals surface area contributed by atoms with Crippen LogP contribution >= 0.6 is 0 Å². The molecule has 0 spiro atoms. The van der Waals surface area contributed by atoms with Crippen LogP contribution in [0.25, 0.3) is 11.1 Å². The smallest absolute Gasteiger partial charge is 0.248 e. The van der Waals surface area contributed by atoms with E-state index in [1.165, 1.54) is 50.4 Å². The Labute approximate surface area is 298 Å². The summed E-state index contributed by atoms with van der Waals surface area (Å²) in [7, 11) is 1.26. The minimum atomic E-state index is -1.83. The number of phenolic OH excluding ortho intramolecular Hbond substituents is 2. The maximum Gasteiger partial charge on any atom is 0.248 e. The second kappa shape index (κ2) is 18.4. The summed E-state index contributed by atoms with van der Waals surface area (Å²) < 4.78 is 0. The molecule has 284 valence electrons. The van der Waals surface area contributed by atoms with Gasteiger partial charge in [0.05, 0.1) is 52.1 Å². The highest BCUT2D eigenvalue weighted by molar-refractivity contribution is 5.96. The number of likely N-dealkylation sites (N-methyl/N-ethyl adjacent to an activating group) is 1. The number of nitrogens with one attached hydrogen (secondary N) is 5. The van der Waals surface area contributed by atoms with Gasteiger partial charge in [-0.15, -0.1) is 0 Å². The number of fused-ring (bicyclic) bond motifs is 5. The van der Waals surface area contributed by atoms with E-state index < -0.39 is 98.0 Å². The van der Waals surface area contributed by atoms with Crippen LogP contribution in [0, 0.1) is 0 Å². The van der Waals surface area contributed by atoms with E-state index >= 15 is 0 Å². The number of carbonyl (C=O) groups is 6. The number of hydrogen-bond donors (Lipinski definition) is 12. The minimum Gasteiger partial charge on any atom is -0.507 e. The van der Waals surface area contributed by atoms with Gasteiger partial charge in [-0.2, -0.15) is 0 Å².